The van der Waals surface area contributed by atoms with E-state index in [2.05, 4.69) is 9.82 Å². The summed E-state index contributed by atoms with van der Waals surface area (Å²) in [5, 5.41) is 6.51. The van der Waals surface area contributed by atoms with Crippen LogP contribution in [0.3, 0.4) is 0 Å². The number of methoxy groups -OCH3 is 1. The summed E-state index contributed by atoms with van der Waals surface area (Å²) in [6, 6.07) is 21.2. The quantitative estimate of drug-likeness (QED) is 0.412. The first-order chi connectivity index (χ1) is 15.1. The van der Waals surface area contributed by atoms with E-state index in [9.17, 15) is 8.42 Å². The second kappa shape index (κ2) is 9.47. The van der Waals surface area contributed by atoms with Crippen LogP contribution in [0.2, 0.25) is 0 Å². The maximum absolute atomic E-state index is 13.2. The molecule has 160 valence electrons. The molecule has 6 nitrogen and oxygen atoms in total. The van der Waals surface area contributed by atoms with E-state index in [0.717, 1.165) is 21.8 Å². The molecule has 0 bridgehead atoms. The second-order valence-corrected chi connectivity index (χ2v) is 9.65. The Labute approximate surface area is 186 Å². The van der Waals surface area contributed by atoms with Crippen molar-refractivity contribution in [2.24, 2.45) is 0 Å². The highest BCUT2D eigenvalue weighted by Gasteiger charge is 2.24. The van der Waals surface area contributed by atoms with Crippen LogP contribution in [0.5, 0.6) is 5.75 Å². The molecular formula is C23H23N3O3S2. The van der Waals surface area contributed by atoms with Gasteiger partial charge >= 0.3 is 0 Å². The van der Waals surface area contributed by atoms with E-state index in [0.29, 0.717) is 18.7 Å². The molecule has 1 N–H and O–H groups in total. The van der Waals surface area contributed by atoms with Crippen LogP contribution in [-0.2, 0) is 23.0 Å². The maximum Gasteiger partial charge on any atom is 0.244 e. The van der Waals surface area contributed by atoms with E-state index in [-0.39, 0.29) is 11.4 Å². The fourth-order valence-corrected chi connectivity index (χ4v) is 5.32. The first-order valence-corrected chi connectivity index (χ1v) is 12.2. The lowest BCUT2D eigenvalue weighted by molar-refractivity contribution is 0.409. The number of aromatic nitrogens is 2. The van der Waals surface area contributed by atoms with Crippen LogP contribution in [0, 0.1) is 0 Å². The Morgan fingerprint density at radius 3 is 2.55 bits per heavy atom. The van der Waals surface area contributed by atoms with Crippen LogP contribution in [0.1, 0.15) is 11.1 Å². The minimum Gasteiger partial charge on any atom is -0.496 e. The number of hydrogen-bond donors (Lipinski definition) is 1. The molecule has 0 radical (unpaired) electrons. The van der Waals surface area contributed by atoms with Gasteiger partial charge in [-0.25, -0.2) is 13.1 Å². The van der Waals surface area contributed by atoms with Gasteiger partial charge in [0, 0.05) is 12.7 Å². The van der Waals surface area contributed by atoms with Gasteiger partial charge in [0.05, 0.1) is 18.5 Å². The highest BCUT2D eigenvalue weighted by molar-refractivity contribution is 7.89. The zero-order chi connectivity index (χ0) is 21.7. The van der Waals surface area contributed by atoms with Crippen LogP contribution in [0.4, 0.5) is 0 Å². The van der Waals surface area contributed by atoms with Crippen molar-refractivity contribution in [3.8, 4) is 16.3 Å². The van der Waals surface area contributed by atoms with E-state index in [4.69, 9.17) is 4.74 Å². The largest absolute Gasteiger partial charge is 0.496 e. The number of benzene rings is 2. The van der Waals surface area contributed by atoms with E-state index < -0.39 is 10.0 Å². The number of para-hydroxylation sites is 1. The predicted molar refractivity (Wildman–Crippen MR) is 123 cm³/mol. The van der Waals surface area contributed by atoms with Crippen LogP contribution in [-0.4, -0.2) is 31.9 Å². The summed E-state index contributed by atoms with van der Waals surface area (Å²) in [7, 11) is -2.14. The van der Waals surface area contributed by atoms with Gasteiger partial charge < -0.3 is 4.74 Å². The first kappa shape index (κ1) is 21.3. The molecule has 0 atom stereocenters. The first-order valence-electron chi connectivity index (χ1n) is 9.83. The summed E-state index contributed by atoms with van der Waals surface area (Å²) >= 11 is 1.47. The zero-order valence-electron chi connectivity index (χ0n) is 17.1. The minimum atomic E-state index is -3.75. The number of rotatable bonds is 9. The molecule has 0 unspecified atom stereocenters. The van der Waals surface area contributed by atoms with E-state index >= 15 is 0 Å². The van der Waals surface area contributed by atoms with Crippen LogP contribution < -0.4 is 9.46 Å². The number of ether oxygens (including phenoxy) is 1. The number of nitrogens with one attached hydrogen (secondary N) is 1. The average molecular weight is 454 g/mol. The van der Waals surface area contributed by atoms with Gasteiger partial charge in [0.15, 0.2) is 0 Å². The molecule has 0 aliphatic rings. The topological polar surface area (TPSA) is 73.2 Å². The molecule has 2 aromatic heterocycles. The molecule has 4 rings (SSSR count). The number of thiophene rings is 1. The summed E-state index contributed by atoms with van der Waals surface area (Å²) < 4.78 is 36.1. The lowest BCUT2D eigenvalue weighted by Crippen LogP contribution is -2.26. The molecule has 31 heavy (non-hydrogen) atoms. The summed E-state index contributed by atoms with van der Waals surface area (Å²) in [5.41, 5.74) is 2.47. The van der Waals surface area contributed by atoms with Gasteiger partial charge in [-0.2, -0.15) is 5.10 Å². The SMILES string of the molecule is COc1ccccc1CCNS(=O)(=O)c1cn(Cc2ccccc2)nc1-c1cccs1. The molecular weight excluding hydrogens is 430 g/mol. The fourth-order valence-electron chi connectivity index (χ4n) is 3.34. The molecule has 0 aliphatic heterocycles. The Morgan fingerprint density at radius 1 is 1.03 bits per heavy atom. The number of nitrogens with zero attached hydrogens (tertiary/aromatic N) is 2. The molecule has 2 aromatic carbocycles. The molecule has 2 heterocycles. The summed E-state index contributed by atoms with van der Waals surface area (Å²) in [4.78, 5) is 1.00. The van der Waals surface area contributed by atoms with E-state index in [1.54, 1.807) is 18.0 Å². The second-order valence-electron chi connectivity index (χ2n) is 6.96. The van der Waals surface area contributed by atoms with Gasteiger partial charge in [0.2, 0.25) is 10.0 Å². The van der Waals surface area contributed by atoms with Gasteiger partial charge in [-0.1, -0.05) is 54.6 Å². The van der Waals surface area contributed by atoms with Gasteiger partial charge in [-0.05, 0) is 35.1 Å². The normalized spacial score (nSPS) is 11.5. The molecule has 8 heteroatoms. The monoisotopic (exact) mass is 453 g/mol. The van der Waals surface area contributed by atoms with Crippen molar-refractivity contribution in [2.45, 2.75) is 17.9 Å². The Bertz CT molecular complexity index is 1230. The lowest BCUT2D eigenvalue weighted by atomic mass is 10.1. The summed E-state index contributed by atoms with van der Waals surface area (Å²) in [6.45, 7) is 0.756. The average Bonchev–Trinajstić information content (AvgIpc) is 3.45. The van der Waals surface area contributed by atoms with Gasteiger partial charge in [0.1, 0.15) is 16.3 Å². The molecule has 0 saturated heterocycles. The van der Waals surface area contributed by atoms with E-state index in [1.165, 1.54) is 11.3 Å². The Kier molecular flexibility index (Phi) is 6.50. The predicted octanol–water partition coefficient (Wildman–Crippen LogP) is 4.19. The molecule has 0 amide bonds. The Morgan fingerprint density at radius 2 is 1.81 bits per heavy atom. The van der Waals surface area contributed by atoms with Crippen molar-refractivity contribution in [3.05, 3.63) is 89.4 Å². The number of sulfonamides is 1. The molecule has 0 saturated carbocycles. The lowest BCUT2D eigenvalue weighted by Gasteiger charge is -2.09. The summed E-state index contributed by atoms with van der Waals surface area (Å²) in [6.07, 6.45) is 2.13. The Balaban J connectivity index is 1.57. The summed E-state index contributed by atoms with van der Waals surface area (Å²) in [5.74, 6) is 0.747. The van der Waals surface area contributed by atoms with Crippen LogP contribution in [0.15, 0.2) is 83.2 Å². The number of hydrogen-bond acceptors (Lipinski definition) is 5. The minimum absolute atomic E-state index is 0.186. The maximum atomic E-state index is 13.2. The van der Waals surface area contributed by atoms with Crippen molar-refractivity contribution in [1.29, 1.82) is 0 Å². The molecule has 0 fully saturated rings. The third kappa shape index (κ3) is 5.04. The van der Waals surface area contributed by atoms with Crippen LogP contribution >= 0.6 is 11.3 Å². The fraction of sp³-hybridized carbons (Fsp3) is 0.174. The molecule has 0 aliphatic carbocycles. The van der Waals surface area contributed by atoms with Crippen LogP contribution in [0.25, 0.3) is 10.6 Å². The zero-order valence-corrected chi connectivity index (χ0v) is 18.7. The van der Waals surface area contributed by atoms with E-state index in [1.807, 2.05) is 72.1 Å². The smallest absolute Gasteiger partial charge is 0.244 e. The highest BCUT2D eigenvalue weighted by atomic mass is 32.2. The highest BCUT2D eigenvalue weighted by Crippen LogP contribution is 2.30. The van der Waals surface area contributed by atoms with Crippen molar-refractivity contribution in [3.63, 3.8) is 0 Å². The molecule has 0 spiro atoms. The van der Waals surface area contributed by atoms with Gasteiger partial charge in [0.25, 0.3) is 0 Å². The van der Waals surface area contributed by atoms with Crippen molar-refractivity contribution >= 4 is 21.4 Å². The van der Waals surface area contributed by atoms with Crippen molar-refractivity contribution < 1.29 is 13.2 Å². The standard InChI is InChI=1S/C23H23N3O3S2/c1-29-20-11-6-5-10-19(20)13-14-24-31(27,28)22-17-26(16-18-8-3-2-4-9-18)25-23(22)21-12-7-15-30-21/h2-12,15,17,24H,13-14,16H2,1H3. The van der Waals surface area contributed by atoms with Crippen molar-refractivity contribution in [1.82, 2.24) is 14.5 Å². The van der Waals surface area contributed by atoms with Gasteiger partial charge in [-0.15, -0.1) is 11.3 Å². The third-order valence-electron chi connectivity index (χ3n) is 4.84. The third-order valence-corrected chi connectivity index (χ3v) is 7.18. The van der Waals surface area contributed by atoms with Crippen molar-refractivity contribution in [2.75, 3.05) is 13.7 Å². The Hall–Kier alpha value is -2.94. The molecule has 4 aromatic rings. The van der Waals surface area contributed by atoms with Gasteiger partial charge in [-0.3, -0.25) is 4.68 Å².